The lowest BCUT2D eigenvalue weighted by molar-refractivity contribution is 0.233. The van der Waals surface area contributed by atoms with Crippen LogP contribution in [-0.2, 0) is 16.2 Å². The SMILES string of the molecule is CC1(C)c2ccccc2-c2cc3c4cc(-c5ccc6c(c5)c5c7sc8ccccc8c7ccc5n6-c5ccccc5)ccc4n(-c4ccccc4)c3cc21.CC1(C)c2ccccc2-c2cc3c4cc(-c5ccc6c(c5)c5cc7c(cc5n6-c5ccccc5)C(C)(C)C5CCCCC75)ccc4n(-c4ccccc4)c3cc21. The summed E-state index contributed by atoms with van der Waals surface area (Å²) in [6.07, 6.45) is 5.37. The number of thiophene rings is 1. The van der Waals surface area contributed by atoms with Gasteiger partial charge in [-0.2, -0.15) is 0 Å². The summed E-state index contributed by atoms with van der Waals surface area (Å²) in [5.41, 5.74) is 34.1. The van der Waals surface area contributed by atoms with E-state index in [4.69, 9.17) is 0 Å². The van der Waals surface area contributed by atoms with Crippen LogP contribution in [0.4, 0.5) is 0 Å². The highest BCUT2D eigenvalue weighted by atomic mass is 32.1. The number of aromatic nitrogens is 4. The first-order valence-corrected chi connectivity index (χ1v) is 40.3. The van der Waals surface area contributed by atoms with Gasteiger partial charge in [0.2, 0.25) is 0 Å². The van der Waals surface area contributed by atoms with Gasteiger partial charge in [-0.1, -0.05) is 224 Å². The Kier molecular flexibility index (Phi) is 13.6. The topological polar surface area (TPSA) is 19.7 Å². The van der Waals surface area contributed by atoms with E-state index in [0.29, 0.717) is 5.92 Å². The molecular weight excluding hydrogens is 1350 g/mol. The number of hydrogen-bond acceptors (Lipinski definition) is 1. The molecular formula is C105H80N4S. The molecule has 0 saturated heterocycles. The molecule has 1 fully saturated rings. The quantitative estimate of drug-likeness (QED) is 0.158. The first kappa shape index (κ1) is 63.8. The maximum Gasteiger partial charge on any atom is 0.0555 e. The molecule has 4 nitrogen and oxygen atoms in total. The van der Waals surface area contributed by atoms with Crippen LogP contribution in [-0.4, -0.2) is 18.3 Å². The molecule has 15 aromatic carbocycles. The molecule has 1 saturated carbocycles. The molecule has 24 rings (SSSR count). The smallest absolute Gasteiger partial charge is 0.0555 e. The summed E-state index contributed by atoms with van der Waals surface area (Å²) in [6, 6.07) is 119. The highest BCUT2D eigenvalue weighted by Crippen LogP contribution is 2.59. The highest BCUT2D eigenvalue weighted by Gasteiger charge is 2.47. The largest absolute Gasteiger partial charge is 0.309 e. The molecule has 20 aromatic rings. The molecule has 110 heavy (non-hydrogen) atoms. The maximum atomic E-state index is 2.62. The monoisotopic (exact) mass is 1430 g/mol. The lowest BCUT2D eigenvalue weighted by Gasteiger charge is -2.34. The Labute approximate surface area is 644 Å². The molecule has 0 aliphatic heterocycles. The third-order valence-corrected chi connectivity index (χ3v) is 27.9. The van der Waals surface area contributed by atoms with E-state index in [-0.39, 0.29) is 16.2 Å². The standard InChI is InChI=1S/C54H46N2.C51H34N2S/c1-53(2)45-21-13-11-19-37(45)39-29-43-41-27-33(23-25-49(41)55(51(43)31-47(39)53)35-15-7-5-8-16-35)34-24-26-50-42(28-34)44-30-40-38-20-12-14-22-46(38)54(3,4)48(40)32-52(44)56(50)36-17-9-6-10-18-36;1-51(2)42-19-11-9-17-35(42)38-29-40-39-27-31(21-24-44(39)53(47(40)30-43(38)51)34-15-7-4-8-16-34)32-22-25-45-41(28-32)49-46(52(45)33-13-5-3-6-14-33)26-23-37-36-18-10-12-20-48(36)54-50(37)49/h5-11,13,15-19,21,23-32,38,46H,12,14,20,22H2,1-4H3;3-30H,1-2H3. The summed E-state index contributed by atoms with van der Waals surface area (Å²) in [5, 5.41) is 13.1. The summed E-state index contributed by atoms with van der Waals surface area (Å²) < 4.78 is 12.6. The Hall–Kier alpha value is -12.3. The van der Waals surface area contributed by atoms with E-state index in [1.807, 2.05) is 11.3 Å². The Bertz CT molecular complexity index is 7290. The second-order valence-corrected chi connectivity index (χ2v) is 34.4. The second kappa shape index (κ2) is 23.4. The summed E-state index contributed by atoms with van der Waals surface area (Å²) in [5.74, 6) is 1.40. The van der Waals surface area contributed by atoms with Crippen molar-refractivity contribution in [3.8, 4) is 67.3 Å². The number of hydrogen-bond donors (Lipinski definition) is 0. The Morgan fingerprint density at radius 2 is 0.645 bits per heavy atom. The maximum absolute atomic E-state index is 2.62. The molecule has 0 N–H and O–H groups in total. The van der Waals surface area contributed by atoms with Crippen LogP contribution in [0.25, 0.3) is 175 Å². The summed E-state index contributed by atoms with van der Waals surface area (Å²) in [4.78, 5) is 0. The van der Waals surface area contributed by atoms with Crippen molar-refractivity contribution in [3.63, 3.8) is 0 Å². The van der Waals surface area contributed by atoms with Gasteiger partial charge in [-0.15, -0.1) is 11.3 Å². The van der Waals surface area contributed by atoms with Crippen LogP contribution < -0.4 is 0 Å². The van der Waals surface area contributed by atoms with Gasteiger partial charge in [-0.3, -0.25) is 0 Å². The first-order valence-electron chi connectivity index (χ1n) is 39.5. The molecule has 5 heteroatoms. The van der Waals surface area contributed by atoms with Gasteiger partial charge in [0.05, 0.1) is 44.1 Å². The van der Waals surface area contributed by atoms with Crippen LogP contribution in [0.3, 0.4) is 0 Å². The van der Waals surface area contributed by atoms with Crippen molar-refractivity contribution >= 4 is 119 Å². The third kappa shape index (κ3) is 9.01. The van der Waals surface area contributed by atoms with Gasteiger partial charge in [0.25, 0.3) is 0 Å². The van der Waals surface area contributed by atoms with Crippen LogP contribution in [0.1, 0.15) is 107 Å². The lowest BCUT2D eigenvalue weighted by atomic mass is 9.70. The number of nitrogens with zero attached hydrogens (tertiary/aromatic N) is 4. The zero-order valence-corrected chi connectivity index (χ0v) is 63.5. The van der Waals surface area contributed by atoms with Crippen molar-refractivity contribution in [1.29, 1.82) is 0 Å². The number of fused-ring (bicyclic) bond motifs is 25. The molecule has 5 aromatic heterocycles. The van der Waals surface area contributed by atoms with Gasteiger partial charge >= 0.3 is 0 Å². The van der Waals surface area contributed by atoms with Crippen LogP contribution in [0, 0.1) is 5.92 Å². The van der Waals surface area contributed by atoms with E-state index < -0.39 is 0 Å². The summed E-state index contributed by atoms with van der Waals surface area (Å²) >= 11 is 1.91. The normalized spacial score (nSPS) is 16.3. The molecule has 5 heterocycles. The number of rotatable bonds is 6. The lowest BCUT2D eigenvalue weighted by Crippen LogP contribution is -2.28. The minimum absolute atomic E-state index is 0.0641. The average molecular weight is 1430 g/mol. The van der Waals surface area contributed by atoms with Crippen molar-refractivity contribution in [3.05, 3.63) is 349 Å². The van der Waals surface area contributed by atoms with Gasteiger partial charge in [0, 0.05) is 96.8 Å². The first-order chi connectivity index (χ1) is 53.8. The van der Waals surface area contributed by atoms with Gasteiger partial charge in [-0.05, 0) is 254 Å². The van der Waals surface area contributed by atoms with E-state index in [0.717, 1.165) is 5.92 Å². The van der Waals surface area contributed by atoms with Crippen LogP contribution in [0.5, 0.6) is 0 Å². The molecule has 0 bridgehead atoms. The fourth-order valence-corrected chi connectivity index (χ4v) is 22.6. The molecule has 2 unspecified atom stereocenters. The molecule has 2 atom stereocenters. The fourth-order valence-electron chi connectivity index (χ4n) is 21.4. The Balaban J connectivity index is 0.000000132. The molecule has 0 radical (unpaired) electrons. The molecule has 4 aliphatic rings. The minimum Gasteiger partial charge on any atom is -0.309 e. The number of benzene rings is 15. The molecule has 0 amide bonds. The van der Waals surface area contributed by atoms with Crippen molar-refractivity contribution in [2.45, 2.75) is 89.4 Å². The minimum atomic E-state index is -0.0720. The van der Waals surface area contributed by atoms with E-state index in [1.54, 1.807) is 11.1 Å². The van der Waals surface area contributed by atoms with Crippen molar-refractivity contribution in [2.75, 3.05) is 0 Å². The van der Waals surface area contributed by atoms with Crippen LogP contribution in [0.15, 0.2) is 315 Å². The third-order valence-electron chi connectivity index (χ3n) is 26.7. The van der Waals surface area contributed by atoms with Crippen molar-refractivity contribution < 1.29 is 0 Å². The van der Waals surface area contributed by atoms with E-state index in [9.17, 15) is 0 Å². The zero-order valence-electron chi connectivity index (χ0n) is 62.7. The predicted octanol–water partition coefficient (Wildman–Crippen LogP) is 28.6. The van der Waals surface area contributed by atoms with Gasteiger partial charge < -0.3 is 18.3 Å². The van der Waals surface area contributed by atoms with Gasteiger partial charge in [0.15, 0.2) is 0 Å². The van der Waals surface area contributed by atoms with E-state index >= 15 is 0 Å². The molecule has 526 valence electrons. The van der Waals surface area contributed by atoms with Crippen LogP contribution >= 0.6 is 11.3 Å². The average Bonchev–Trinajstić information content (AvgIpc) is 1.56. The van der Waals surface area contributed by atoms with E-state index in [2.05, 4.69) is 375 Å². The molecule has 0 spiro atoms. The van der Waals surface area contributed by atoms with E-state index in [1.165, 1.54) is 223 Å². The highest BCUT2D eigenvalue weighted by molar-refractivity contribution is 7.26. The zero-order chi connectivity index (χ0) is 73.2. The van der Waals surface area contributed by atoms with Crippen molar-refractivity contribution in [2.24, 2.45) is 5.92 Å². The van der Waals surface area contributed by atoms with Crippen molar-refractivity contribution in [1.82, 2.24) is 18.3 Å². The molecule has 4 aliphatic carbocycles. The second-order valence-electron chi connectivity index (χ2n) is 33.4. The summed E-state index contributed by atoms with van der Waals surface area (Å²) in [7, 11) is 0. The van der Waals surface area contributed by atoms with Crippen LogP contribution in [0.2, 0.25) is 0 Å². The Morgan fingerprint density at radius 3 is 1.13 bits per heavy atom. The number of para-hydroxylation sites is 4. The summed E-state index contributed by atoms with van der Waals surface area (Å²) in [6.45, 7) is 14.5. The predicted molar refractivity (Wildman–Crippen MR) is 467 cm³/mol. The fraction of sp³-hybridized carbons (Fsp3) is 0.143. The van der Waals surface area contributed by atoms with Gasteiger partial charge in [0.1, 0.15) is 0 Å². The Morgan fingerprint density at radius 1 is 0.273 bits per heavy atom. The van der Waals surface area contributed by atoms with Gasteiger partial charge in [-0.25, -0.2) is 0 Å².